The zero-order chi connectivity index (χ0) is 12.1. The first-order chi connectivity index (χ1) is 8.27. The zero-order valence-electron chi connectivity index (χ0n) is 10.8. The van der Waals surface area contributed by atoms with E-state index < -0.39 is 0 Å². The lowest BCUT2D eigenvalue weighted by molar-refractivity contribution is 0.196. The van der Waals surface area contributed by atoms with Gasteiger partial charge < -0.3 is 5.32 Å². The normalized spacial score (nSPS) is 22.6. The Balaban J connectivity index is 1.88. The molecule has 1 N–H and O–H groups in total. The van der Waals surface area contributed by atoms with Crippen molar-refractivity contribution in [3.8, 4) is 0 Å². The van der Waals surface area contributed by atoms with Gasteiger partial charge in [-0.2, -0.15) is 0 Å². The molecule has 0 amide bonds. The fourth-order valence-corrected chi connectivity index (χ4v) is 2.40. The summed E-state index contributed by atoms with van der Waals surface area (Å²) in [5, 5.41) is 3.46. The summed E-state index contributed by atoms with van der Waals surface area (Å²) in [7, 11) is 2.17. The number of nitrogens with one attached hydrogen (secondary N) is 1. The van der Waals surface area contributed by atoms with Crippen molar-refractivity contribution >= 4 is 0 Å². The molecule has 1 aromatic heterocycles. The van der Waals surface area contributed by atoms with Gasteiger partial charge in [0.15, 0.2) is 0 Å². The van der Waals surface area contributed by atoms with Gasteiger partial charge in [-0.05, 0) is 45.8 Å². The SMILES string of the molecule is CC(c1cnccn1)N(C)CC1CCCNC1. The van der Waals surface area contributed by atoms with Gasteiger partial charge in [-0.3, -0.25) is 14.9 Å². The summed E-state index contributed by atoms with van der Waals surface area (Å²) in [6.45, 7) is 5.66. The van der Waals surface area contributed by atoms with Crippen molar-refractivity contribution in [1.82, 2.24) is 20.2 Å². The maximum atomic E-state index is 4.37. The number of nitrogens with zero attached hydrogens (tertiary/aromatic N) is 3. The predicted molar refractivity (Wildman–Crippen MR) is 68.7 cm³/mol. The highest BCUT2D eigenvalue weighted by atomic mass is 15.1. The van der Waals surface area contributed by atoms with Gasteiger partial charge in [0, 0.05) is 25.1 Å². The predicted octanol–water partition coefficient (Wildman–Crippen LogP) is 1.47. The molecule has 0 saturated carbocycles. The van der Waals surface area contributed by atoms with Crippen LogP contribution in [0.25, 0.3) is 0 Å². The van der Waals surface area contributed by atoms with Crippen LogP contribution in [0.15, 0.2) is 18.6 Å². The molecule has 2 heterocycles. The summed E-state index contributed by atoms with van der Waals surface area (Å²) in [5.41, 5.74) is 1.05. The van der Waals surface area contributed by atoms with Crippen LogP contribution >= 0.6 is 0 Å². The average Bonchev–Trinajstić information content (AvgIpc) is 2.40. The molecule has 1 saturated heterocycles. The highest BCUT2D eigenvalue weighted by Gasteiger charge is 2.19. The lowest BCUT2D eigenvalue weighted by atomic mass is 9.98. The second-order valence-electron chi connectivity index (χ2n) is 4.96. The molecule has 2 unspecified atom stereocenters. The van der Waals surface area contributed by atoms with Crippen molar-refractivity contribution in [3.63, 3.8) is 0 Å². The first-order valence-corrected chi connectivity index (χ1v) is 6.44. The molecule has 2 rings (SSSR count). The molecule has 0 bridgehead atoms. The van der Waals surface area contributed by atoms with Gasteiger partial charge in [-0.25, -0.2) is 0 Å². The summed E-state index contributed by atoms with van der Waals surface area (Å²) in [4.78, 5) is 10.9. The fraction of sp³-hybridized carbons (Fsp3) is 0.692. The van der Waals surface area contributed by atoms with Gasteiger partial charge in [0.2, 0.25) is 0 Å². The summed E-state index contributed by atoms with van der Waals surface area (Å²) in [5.74, 6) is 0.771. The van der Waals surface area contributed by atoms with E-state index in [1.165, 1.54) is 19.4 Å². The minimum Gasteiger partial charge on any atom is -0.316 e. The Morgan fingerprint density at radius 3 is 3.06 bits per heavy atom. The van der Waals surface area contributed by atoms with Crippen LogP contribution in [-0.2, 0) is 0 Å². The van der Waals surface area contributed by atoms with Gasteiger partial charge in [0.25, 0.3) is 0 Å². The van der Waals surface area contributed by atoms with Gasteiger partial charge in [0.05, 0.1) is 11.7 Å². The first-order valence-electron chi connectivity index (χ1n) is 6.44. The second kappa shape index (κ2) is 6.07. The molecule has 94 valence electrons. The van der Waals surface area contributed by atoms with Crippen LogP contribution in [0, 0.1) is 5.92 Å². The van der Waals surface area contributed by atoms with Crippen LogP contribution in [0.2, 0.25) is 0 Å². The molecule has 0 radical (unpaired) electrons. The molecule has 4 heteroatoms. The molecule has 1 aliphatic rings. The maximum Gasteiger partial charge on any atom is 0.0755 e. The van der Waals surface area contributed by atoms with E-state index in [1.807, 2.05) is 6.20 Å². The van der Waals surface area contributed by atoms with Crippen molar-refractivity contribution in [2.24, 2.45) is 5.92 Å². The Kier molecular flexibility index (Phi) is 4.45. The smallest absolute Gasteiger partial charge is 0.0755 e. The summed E-state index contributed by atoms with van der Waals surface area (Å²) >= 11 is 0. The van der Waals surface area contributed by atoms with E-state index in [0.717, 1.165) is 24.7 Å². The fourth-order valence-electron chi connectivity index (χ4n) is 2.40. The Bertz CT molecular complexity index is 321. The number of piperidine rings is 1. The molecule has 2 atom stereocenters. The van der Waals surface area contributed by atoms with E-state index >= 15 is 0 Å². The van der Waals surface area contributed by atoms with E-state index in [2.05, 4.69) is 34.2 Å². The average molecular weight is 234 g/mol. The quantitative estimate of drug-likeness (QED) is 0.856. The second-order valence-corrected chi connectivity index (χ2v) is 4.96. The van der Waals surface area contributed by atoms with Crippen molar-refractivity contribution in [1.29, 1.82) is 0 Å². The standard InChI is InChI=1S/C13H22N4/c1-11(13-9-15-6-7-16-13)17(2)10-12-4-3-5-14-8-12/h6-7,9,11-12,14H,3-5,8,10H2,1-2H3. The van der Waals surface area contributed by atoms with Gasteiger partial charge in [-0.1, -0.05) is 0 Å². The molecule has 1 aliphatic heterocycles. The van der Waals surface area contributed by atoms with E-state index in [9.17, 15) is 0 Å². The molecular weight excluding hydrogens is 212 g/mol. The third-order valence-corrected chi connectivity index (χ3v) is 3.62. The maximum absolute atomic E-state index is 4.37. The monoisotopic (exact) mass is 234 g/mol. The van der Waals surface area contributed by atoms with Crippen molar-refractivity contribution < 1.29 is 0 Å². The molecule has 4 nitrogen and oxygen atoms in total. The van der Waals surface area contributed by atoms with Crippen LogP contribution in [0.3, 0.4) is 0 Å². The number of aromatic nitrogens is 2. The lowest BCUT2D eigenvalue weighted by Gasteiger charge is -2.30. The third kappa shape index (κ3) is 3.48. The number of hydrogen-bond acceptors (Lipinski definition) is 4. The van der Waals surface area contributed by atoms with E-state index in [1.54, 1.807) is 12.4 Å². The van der Waals surface area contributed by atoms with E-state index in [0.29, 0.717) is 6.04 Å². The molecule has 0 aliphatic carbocycles. The Hall–Kier alpha value is -1.00. The molecule has 1 aromatic rings. The number of rotatable bonds is 4. The third-order valence-electron chi connectivity index (χ3n) is 3.62. The molecule has 17 heavy (non-hydrogen) atoms. The zero-order valence-corrected chi connectivity index (χ0v) is 10.8. The van der Waals surface area contributed by atoms with Crippen molar-refractivity contribution in [2.45, 2.75) is 25.8 Å². The van der Waals surface area contributed by atoms with Gasteiger partial charge >= 0.3 is 0 Å². The van der Waals surface area contributed by atoms with Crippen molar-refractivity contribution in [2.75, 3.05) is 26.7 Å². The Morgan fingerprint density at radius 2 is 2.41 bits per heavy atom. The highest BCUT2D eigenvalue weighted by Crippen LogP contribution is 2.19. The van der Waals surface area contributed by atoms with Crippen LogP contribution in [0.1, 0.15) is 31.5 Å². The molecule has 1 fully saturated rings. The molecular formula is C13H22N4. The van der Waals surface area contributed by atoms with Crippen molar-refractivity contribution in [3.05, 3.63) is 24.3 Å². The topological polar surface area (TPSA) is 41.1 Å². The Morgan fingerprint density at radius 1 is 1.53 bits per heavy atom. The van der Waals surface area contributed by atoms with Crippen LogP contribution in [0.5, 0.6) is 0 Å². The van der Waals surface area contributed by atoms with Crippen LogP contribution in [0.4, 0.5) is 0 Å². The van der Waals surface area contributed by atoms with E-state index in [-0.39, 0.29) is 0 Å². The van der Waals surface area contributed by atoms with Gasteiger partial charge in [-0.15, -0.1) is 0 Å². The number of hydrogen-bond donors (Lipinski definition) is 1. The van der Waals surface area contributed by atoms with E-state index in [4.69, 9.17) is 0 Å². The molecule has 0 spiro atoms. The largest absolute Gasteiger partial charge is 0.316 e. The summed E-state index contributed by atoms with van der Waals surface area (Å²) in [6, 6.07) is 0.339. The summed E-state index contributed by atoms with van der Waals surface area (Å²) in [6.07, 6.45) is 7.99. The van der Waals surface area contributed by atoms with Crippen LogP contribution in [-0.4, -0.2) is 41.5 Å². The molecule has 0 aromatic carbocycles. The van der Waals surface area contributed by atoms with Crippen LogP contribution < -0.4 is 5.32 Å². The lowest BCUT2D eigenvalue weighted by Crippen LogP contribution is -2.37. The highest BCUT2D eigenvalue weighted by molar-refractivity contribution is 5.00. The first kappa shape index (κ1) is 12.5. The summed E-state index contributed by atoms with van der Waals surface area (Å²) < 4.78 is 0. The minimum atomic E-state index is 0.339. The Labute approximate surface area is 103 Å². The van der Waals surface area contributed by atoms with Gasteiger partial charge in [0.1, 0.15) is 0 Å². The minimum absolute atomic E-state index is 0.339.